The second-order valence-electron chi connectivity index (χ2n) is 6.01. The van der Waals surface area contributed by atoms with Crippen molar-refractivity contribution in [2.24, 2.45) is 0 Å². The molecule has 0 radical (unpaired) electrons. The molecule has 0 fully saturated rings. The largest absolute Gasteiger partial charge is 0.489 e. The smallest absolute Gasteiger partial charge is 0.232 e. The summed E-state index contributed by atoms with van der Waals surface area (Å²) < 4.78 is 22.3. The van der Waals surface area contributed by atoms with E-state index in [1.54, 1.807) is 26.6 Å². The summed E-state index contributed by atoms with van der Waals surface area (Å²) in [7, 11) is 3.23. The molecule has 142 valence electrons. The highest BCUT2D eigenvalue weighted by atomic mass is 16.5. The molecule has 0 amide bonds. The van der Waals surface area contributed by atoms with E-state index < -0.39 is 0 Å². The standard InChI is InChI=1S/C20H23N3O4/c1-14(12-24-2)27-19-5-4-16(26-13-15-6-8-21-9-7-15)10-17(19)18-11-20(25-3)23-22-18/h4-11,14H,12-13H2,1-3H3,(H,22,23). The van der Waals surface area contributed by atoms with Crippen LogP contribution in [-0.2, 0) is 11.3 Å². The number of H-pyrrole nitrogens is 1. The van der Waals surface area contributed by atoms with Crippen LogP contribution in [0.3, 0.4) is 0 Å². The number of nitrogens with one attached hydrogen (secondary N) is 1. The molecule has 7 nitrogen and oxygen atoms in total. The predicted molar refractivity (Wildman–Crippen MR) is 101 cm³/mol. The van der Waals surface area contributed by atoms with Crippen molar-refractivity contribution in [3.63, 3.8) is 0 Å². The third-order valence-electron chi connectivity index (χ3n) is 3.89. The van der Waals surface area contributed by atoms with E-state index in [4.69, 9.17) is 18.9 Å². The van der Waals surface area contributed by atoms with Crippen molar-refractivity contribution in [3.8, 4) is 28.6 Å². The molecule has 1 N–H and O–H groups in total. The van der Waals surface area contributed by atoms with Crippen molar-refractivity contribution in [1.82, 2.24) is 15.2 Å². The molecule has 27 heavy (non-hydrogen) atoms. The van der Waals surface area contributed by atoms with Gasteiger partial charge in [-0.3, -0.25) is 10.1 Å². The Labute approximate surface area is 158 Å². The quantitative estimate of drug-likeness (QED) is 0.622. The number of benzene rings is 1. The average Bonchev–Trinajstić information content (AvgIpc) is 3.17. The Balaban J connectivity index is 1.85. The molecule has 3 rings (SSSR count). The first-order valence-corrected chi connectivity index (χ1v) is 8.60. The molecule has 1 atom stereocenters. The van der Waals surface area contributed by atoms with Gasteiger partial charge in [-0.05, 0) is 42.8 Å². The Kier molecular flexibility index (Phi) is 6.27. The molecule has 2 heterocycles. The summed E-state index contributed by atoms with van der Waals surface area (Å²) in [6.45, 7) is 2.90. The molecule has 3 aromatic rings. The second kappa shape index (κ2) is 9.05. The summed E-state index contributed by atoms with van der Waals surface area (Å²) in [5, 5.41) is 7.09. The molecule has 0 aliphatic rings. The summed E-state index contributed by atoms with van der Waals surface area (Å²) in [6, 6.07) is 11.3. The molecule has 7 heteroatoms. The fourth-order valence-corrected chi connectivity index (χ4v) is 2.59. The van der Waals surface area contributed by atoms with E-state index >= 15 is 0 Å². The van der Waals surface area contributed by atoms with E-state index in [0.717, 1.165) is 22.6 Å². The van der Waals surface area contributed by atoms with Gasteiger partial charge in [-0.1, -0.05) is 0 Å². The summed E-state index contributed by atoms with van der Waals surface area (Å²) in [6.07, 6.45) is 3.40. The summed E-state index contributed by atoms with van der Waals surface area (Å²) in [5.41, 5.74) is 2.66. The van der Waals surface area contributed by atoms with Crippen LogP contribution >= 0.6 is 0 Å². The van der Waals surface area contributed by atoms with Crippen LogP contribution in [0.4, 0.5) is 0 Å². The van der Waals surface area contributed by atoms with Crippen molar-refractivity contribution in [1.29, 1.82) is 0 Å². The minimum Gasteiger partial charge on any atom is -0.489 e. The average molecular weight is 369 g/mol. The van der Waals surface area contributed by atoms with Gasteiger partial charge in [-0.15, -0.1) is 5.10 Å². The van der Waals surface area contributed by atoms with Gasteiger partial charge in [0.2, 0.25) is 5.88 Å². The maximum absolute atomic E-state index is 6.02. The van der Waals surface area contributed by atoms with Crippen LogP contribution in [0.25, 0.3) is 11.3 Å². The minimum atomic E-state index is -0.0952. The van der Waals surface area contributed by atoms with Crippen molar-refractivity contribution in [3.05, 3.63) is 54.4 Å². The molecule has 0 saturated heterocycles. The number of pyridine rings is 1. The third-order valence-corrected chi connectivity index (χ3v) is 3.89. The van der Waals surface area contributed by atoms with Gasteiger partial charge >= 0.3 is 0 Å². The summed E-state index contributed by atoms with van der Waals surface area (Å²) in [5.74, 6) is 1.94. The molecule has 2 aromatic heterocycles. The Morgan fingerprint density at radius 1 is 1.07 bits per heavy atom. The van der Waals surface area contributed by atoms with Gasteiger partial charge in [0.1, 0.15) is 24.2 Å². The first-order valence-electron chi connectivity index (χ1n) is 8.60. The van der Waals surface area contributed by atoms with Crippen LogP contribution < -0.4 is 14.2 Å². The van der Waals surface area contributed by atoms with E-state index in [1.165, 1.54) is 0 Å². The van der Waals surface area contributed by atoms with Gasteiger partial charge in [0, 0.05) is 31.1 Å². The lowest BCUT2D eigenvalue weighted by atomic mass is 10.1. The Bertz CT molecular complexity index is 851. The number of hydrogen-bond donors (Lipinski definition) is 1. The molecule has 1 aromatic carbocycles. The normalized spacial score (nSPS) is 11.8. The lowest BCUT2D eigenvalue weighted by molar-refractivity contribution is 0.0924. The molecule has 0 saturated carbocycles. The predicted octanol–water partition coefficient (Wildman–Crippen LogP) is 3.47. The van der Waals surface area contributed by atoms with Gasteiger partial charge in [0.25, 0.3) is 0 Å². The first-order chi connectivity index (χ1) is 13.2. The van der Waals surface area contributed by atoms with Crippen LogP contribution in [0, 0.1) is 0 Å². The van der Waals surface area contributed by atoms with Gasteiger partial charge in [0.15, 0.2) is 0 Å². The maximum Gasteiger partial charge on any atom is 0.232 e. The number of aromatic amines is 1. The molecule has 0 spiro atoms. The highest BCUT2D eigenvalue weighted by Crippen LogP contribution is 2.34. The van der Waals surface area contributed by atoms with E-state index in [-0.39, 0.29) is 6.10 Å². The number of methoxy groups -OCH3 is 2. The van der Waals surface area contributed by atoms with Gasteiger partial charge in [0.05, 0.1) is 19.4 Å². The van der Waals surface area contributed by atoms with Crippen LogP contribution in [-0.4, -0.2) is 42.1 Å². The van der Waals surface area contributed by atoms with Crippen molar-refractivity contribution in [2.45, 2.75) is 19.6 Å². The van der Waals surface area contributed by atoms with Crippen LogP contribution in [0.5, 0.6) is 17.4 Å². The lowest BCUT2D eigenvalue weighted by Gasteiger charge is -2.17. The molecule has 1 unspecified atom stereocenters. The van der Waals surface area contributed by atoms with E-state index in [0.29, 0.717) is 24.8 Å². The summed E-state index contributed by atoms with van der Waals surface area (Å²) in [4.78, 5) is 4.01. The number of hydrogen-bond acceptors (Lipinski definition) is 6. The fraction of sp³-hybridized carbons (Fsp3) is 0.300. The van der Waals surface area contributed by atoms with Crippen LogP contribution in [0.2, 0.25) is 0 Å². The first kappa shape index (κ1) is 18.7. The third kappa shape index (κ3) is 4.98. The Hall–Kier alpha value is -3.06. The SMILES string of the molecule is COCC(C)Oc1ccc(OCc2ccncc2)cc1-c1cc(OC)n[nH]1. The zero-order chi connectivity index (χ0) is 19.1. The highest BCUT2D eigenvalue weighted by molar-refractivity contribution is 5.69. The van der Waals surface area contributed by atoms with Crippen LogP contribution in [0.1, 0.15) is 12.5 Å². The Morgan fingerprint density at radius 2 is 1.89 bits per heavy atom. The zero-order valence-corrected chi connectivity index (χ0v) is 15.6. The van der Waals surface area contributed by atoms with Crippen molar-refractivity contribution >= 4 is 0 Å². The van der Waals surface area contributed by atoms with Crippen molar-refractivity contribution in [2.75, 3.05) is 20.8 Å². The minimum absolute atomic E-state index is 0.0952. The van der Waals surface area contributed by atoms with Gasteiger partial charge in [-0.25, -0.2) is 0 Å². The van der Waals surface area contributed by atoms with Crippen molar-refractivity contribution < 1.29 is 18.9 Å². The van der Waals surface area contributed by atoms with Gasteiger partial charge < -0.3 is 18.9 Å². The molecular weight excluding hydrogens is 346 g/mol. The lowest BCUT2D eigenvalue weighted by Crippen LogP contribution is -2.18. The number of aromatic nitrogens is 3. The highest BCUT2D eigenvalue weighted by Gasteiger charge is 2.14. The van der Waals surface area contributed by atoms with Crippen LogP contribution in [0.15, 0.2) is 48.8 Å². The monoisotopic (exact) mass is 369 g/mol. The Morgan fingerprint density at radius 3 is 2.59 bits per heavy atom. The summed E-state index contributed by atoms with van der Waals surface area (Å²) >= 11 is 0. The van der Waals surface area contributed by atoms with E-state index in [2.05, 4.69) is 15.2 Å². The molecule has 0 bridgehead atoms. The topological polar surface area (TPSA) is 78.5 Å². The van der Waals surface area contributed by atoms with Gasteiger partial charge in [-0.2, -0.15) is 0 Å². The second-order valence-corrected chi connectivity index (χ2v) is 6.01. The molecular formula is C20H23N3O4. The number of ether oxygens (including phenoxy) is 4. The van der Waals surface area contributed by atoms with E-state index in [9.17, 15) is 0 Å². The number of rotatable bonds is 9. The van der Waals surface area contributed by atoms with E-state index in [1.807, 2.05) is 43.3 Å². The fourth-order valence-electron chi connectivity index (χ4n) is 2.59. The molecule has 0 aliphatic heterocycles. The molecule has 0 aliphatic carbocycles. The zero-order valence-electron chi connectivity index (χ0n) is 15.6. The number of nitrogens with zero attached hydrogens (tertiary/aromatic N) is 2. The maximum atomic E-state index is 6.02.